The summed E-state index contributed by atoms with van der Waals surface area (Å²) in [4.78, 5) is -0.213. The third-order valence-electron chi connectivity index (χ3n) is 1.37. The summed E-state index contributed by atoms with van der Waals surface area (Å²) in [7, 11) is 0. The predicted octanol–water partition coefficient (Wildman–Crippen LogP) is 1.13. The van der Waals surface area contributed by atoms with Gasteiger partial charge in [-0.2, -0.15) is 5.10 Å². The average Bonchev–Trinajstić information content (AvgIpc) is 2.51. The van der Waals surface area contributed by atoms with Gasteiger partial charge in [-0.05, 0) is 30.7 Å². The molecule has 1 saturated heterocycles. The molecule has 4 heteroatoms. The van der Waals surface area contributed by atoms with E-state index >= 15 is 0 Å². The number of rotatable bonds is 1. The van der Waals surface area contributed by atoms with Gasteiger partial charge in [0.25, 0.3) is 0 Å². The molecule has 0 aliphatic carbocycles. The number of aromatic nitrogens is 2. The normalized spacial score (nSPS) is 50.7. The second-order valence-corrected chi connectivity index (χ2v) is 2.36. The van der Waals surface area contributed by atoms with Crippen LogP contribution in [0.1, 0.15) is 38.8 Å². The zero-order valence-electron chi connectivity index (χ0n) is 20.9. The highest BCUT2D eigenvalue weighted by atomic mass is 15.3. The van der Waals surface area contributed by atoms with Crippen molar-refractivity contribution in [2.45, 2.75) is 19.6 Å². The molecule has 1 fully saturated rings. The molecule has 0 atom stereocenters. The van der Waals surface area contributed by atoms with E-state index in [1.165, 1.54) is 0 Å². The molecule has 0 amide bonds. The first-order chi connectivity index (χ1) is 12.2. The topological polar surface area (TPSA) is 55.8 Å². The van der Waals surface area contributed by atoms with E-state index in [0.717, 1.165) is 0 Å². The van der Waals surface area contributed by atoms with E-state index in [2.05, 4.69) is 5.10 Å². The Balaban J connectivity index is 2.97. The van der Waals surface area contributed by atoms with Crippen molar-refractivity contribution in [1.82, 2.24) is 10.2 Å². The third kappa shape index (κ3) is 1.95. The van der Waals surface area contributed by atoms with Crippen molar-refractivity contribution >= 4 is 5.82 Å². The number of aromatic amines is 1. The van der Waals surface area contributed by atoms with Crippen LogP contribution < -0.4 is 10.4 Å². The van der Waals surface area contributed by atoms with Crippen molar-refractivity contribution in [2.75, 3.05) is 17.9 Å². The van der Waals surface area contributed by atoms with Crippen LogP contribution in [0.4, 0.5) is 5.82 Å². The molecule has 0 unspecified atom stereocenters. The minimum atomic E-state index is -3.89. The zero-order chi connectivity index (χ0) is 22.3. The Morgan fingerprint density at radius 3 is 3.29 bits per heavy atom. The summed E-state index contributed by atoms with van der Waals surface area (Å²) in [6.07, 6.45) is -7.67. The number of nitrogens with one attached hydrogen (secondary N) is 2. The smallest absolute Gasteiger partial charge is 0.149 e. The second kappa shape index (κ2) is 3.82. The van der Waals surface area contributed by atoms with Crippen molar-refractivity contribution in [1.29, 1.82) is 5.41 Å². The average molecular weight is 206 g/mol. The van der Waals surface area contributed by atoms with Crippen LogP contribution in [-0.2, 0) is 0 Å². The Hall–Kier alpha value is -1.32. The maximum absolute atomic E-state index is 8.11. The number of anilines is 1. The lowest BCUT2D eigenvalue weighted by Gasteiger charge is -2.30. The largest absolute Gasteiger partial charge is 0.355 e. The molecule has 14 heavy (non-hydrogen) atoms. The summed E-state index contributed by atoms with van der Waals surface area (Å²) in [5, 5.41) is 12.7. The fourth-order valence-corrected chi connectivity index (χ4v) is 0.778. The maximum Gasteiger partial charge on any atom is 0.149 e. The molecule has 0 aromatic carbocycles. The van der Waals surface area contributed by atoms with Gasteiger partial charge in [-0.15, -0.1) is 0 Å². The summed E-state index contributed by atoms with van der Waals surface area (Å²) in [5.41, 5.74) is -0.685. The van der Waals surface area contributed by atoms with Gasteiger partial charge in [0.1, 0.15) is 11.3 Å². The first-order valence-electron chi connectivity index (χ1n) is 10.6. The molecule has 0 radical (unpaired) electrons. The molecule has 4 nitrogen and oxygen atoms in total. The molecule has 76 valence electrons. The number of H-pyrrole nitrogens is 1. The summed E-state index contributed by atoms with van der Waals surface area (Å²) < 4.78 is 110. The number of piperidine rings is 1. The van der Waals surface area contributed by atoms with Crippen LogP contribution >= 0.6 is 0 Å². The monoisotopic (exact) mass is 206 g/mol. The molecular weight excluding hydrogens is 176 g/mol. The van der Waals surface area contributed by atoms with Gasteiger partial charge in [0, 0.05) is 29.4 Å². The van der Waals surface area contributed by atoms with E-state index in [1.807, 2.05) is 5.10 Å². The molecule has 2 rings (SSSR count). The Morgan fingerprint density at radius 1 is 1.79 bits per heavy atom. The summed E-state index contributed by atoms with van der Waals surface area (Å²) in [6, 6.07) is -1.86. The van der Waals surface area contributed by atoms with Crippen LogP contribution in [0.15, 0.2) is 12.1 Å². The fourth-order valence-electron chi connectivity index (χ4n) is 0.778. The van der Waals surface area contributed by atoms with Gasteiger partial charge in [0.15, 0.2) is 0 Å². The highest BCUT2D eigenvalue weighted by Gasteiger charge is 2.16. The lowest BCUT2D eigenvalue weighted by Crippen LogP contribution is -2.33. The van der Waals surface area contributed by atoms with Crippen LogP contribution in [-0.4, -0.2) is 23.2 Å². The SMILES string of the molecule is [2H]c1c(N2C([2H])([2H])C([2H])([2H])C([2H])(C([2H])([2H])[2H])C([2H])([2H])C2([2H])[2H])n[nH]c(=N)c1[2H]. The molecule has 2 N–H and O–H groups in total. The predicted molar refractivity (Wildman–Crippen MR) is 55.1 cm³/mol. The quantitative estimate of drug-likeness (QED) is 0.723. The van der Waals surface area contributed by atoms with E-state index < -0.39 is 61.9 Å². The van der Waals surface area contributed by atoms with Gasteiger partial charge >= 0.3 is 0 Å². The van der Waals surface area contributed by atoms with Crippen LogP contribution in [0.5, 0.6) is 0 Å². The van der Waals surface area contributed by atoms with Crippen molar-refractivity contribution in [3.05, 3.63) is 17.6 Å². The van der Waals surface area contributed by atoms with Crippen molar-refractivity contribution in [3.63, 3.8) is 0 Å². The minimum Gasteiger partial charge on any atom is -0.355 e. The number of hydrogen-bond acceptors (Lipinski definition) is 3. The van der Waals surface area contributed by atoms with E-state index in [4.69, 9.17) is 24.6 Å². The summed E-state index contributed by atoms with van der Waals surface area (Å²) >= 11 is 0. The van der Waals surface area contributed by atoms with Gasteiger partial charge in [0.2, 0.25) is 0 Å². The van der Waals surface area contributed by atoms with Crippen molar-refractivity contribution in [3.8, 4) is 0 Å². The second-order valence-electron chi connectivity index (χ2n) is 2.36. The number of nitrogens with zero attached hydrogens (tertiary/aromatic N) is 2. The molecule has 1 aromatic rings. The highest BCUT2D eigenvalue weighted by Crippen LogP contribution is 2.19. The Bertz CT molecular complexity index is 827. The van der Waals surface area contributed by atoms with Gasteiger partial charge in [-0.25, -0.2) is 0 Å². The Labute approximate surface area is 103 Å². The minimum absolute atomic E-state index is 0.213. The van der Waals surface area contributed by atoms with E-state index in [9.17, 15) is 0 Å². The van der Waals surface area contributed by atoms with Gasteiger partial charge in [-0.1, -0.05) is 6.85 Å². The first-order valence-corrected chi connectivity index (χ1v) is 3.62. The van der Waals surface area contributed by atoms with E-state index in [1.54, 1.807) is 0 Å². The van der Waals surface area contributed by atoms with Crippen molar-refractivity contribution in [2.24, 2.45) is 5.89 Å². The maximum atomic E-state index is 8.11. The fraction of sp³-hybridized carbons (Fsp3) is 0.600. The van der Waals surface area contributed by atoms with Crippen molar-refractivity contribution < 1.29 is 19.2 Å². The molecule has 0 saturated carbocycles. The molecule has 1 aliphatic heterocycles. The highest BCUT2D eigenvalue weighted by molar-refractivity contribution is 5.36. The van der Waals surface area contributed by atoms with Gasteiger partial charge in [0.05, 0.1) is 2.74 Å². The summed E-state index contributed by atoms with van der Waals surface area (Å²) in [6.45, 7) is -11.2. The molecular formula is C10H16N4. The van der Waals surface area contributed by atoms with Gasteiger partial charge < -0.3 is 4.90 Å². The molecule has 0 bridgehead atoms. The van der Waals surface area contributed by atoms with E-state index in [0.29, 0.717) is 0 Å². The summed E-state index contributed by atoms with van der Waals surface area (Å²) in [5.74, 6) is -4.93. The number of hydrogen-bond donors (Lipinski definition) is 2. The van der Waals surface area contributed by atoms with Gasteiger partial charge in [-0.3, -0.25) is 10.5 Å². The Kier molecular flexibility index (Phi) is 0.616. The molecule has 0 spiro atoms. The first kappa shape index (κ1) is 2.26. The lowest BCUT2D eigenvalue weighted by atomic mass is 9.99. The lowest BCUT2D eigenvalue weighted by molar-refractivity contribution is 0.435. The molecule has 1 aromatic heterocycles. The Morgan fingerprint density at radius 2 is 2.57 bits per heavy atom. The molecule has 2 heterocycles. The molecule has 1 aliphatic rings. The standard InChI is InChI=1S/C10H16N4/c1-8-4-6-14(7-5-8)10-3-2-9(11)12-13-10/h2-3,8H,4-7H2,1H3,(H2,11,12)/i1D3,2D,3D,4D2,5D2,6D2,7D2,8D. The van der Waals surface area contributed by atoms with Crippen LogP contribution in [0.3, 0.4) is 0 Å². The zero-order valence-corrected chi connectivity index (χ0v) is 6.89. The van der Waals surface area contributed by atoms with Crippen LogP contribution in [0.25, 0.3) is 0 Å². The van der Waals surface area contributed by atoms with E-state index in [-0.39, 0.29) is 4.90 Å². The van der Waals surface area contributed by atoms with Crippen LogP contribution in [0, 0.1) is 11.3 Å². The third-order valence-corrected chi connectivity index (χ3v) is 1.37. The van der Waals surface area contributed by atoms with Crippen LogP contribution in [0.2, 0.25) is 0 Å².